The minimum atomic E-state index is -0.479. The lowest BCUT2D eigenvalue weighted by Crippen LogP contribution is -2.08. The molecule has 1 heterocycles. The number of carbonyl (C=O) groups is 2. The van der Waals surface area contributed by atoms with E-state index in [9.17, 15) is 9.59 Å². The van der Waals surface area contributed by atoms with Gasteiger partial charge in [-0.15, -0.1) is 0 Å². The van der Waals surface area contributed by atoms with E-state index in [0.717, 1.165) is 5.56 Å². The van der Waals surface area contributed by atoms with Crippen LogP contribution in [0.2, 0.25) is 0 Å². The topological polar surface area (TPSA) is 72.1 Å². The molecule has 126 valence electrons. The molecular formula is C20H18N2O3. The molecule has 0 unspecified atom stereocenters. The second kappa shape index (κ2) is 7.57. The lowest BCUT2D eigenvalue weighted by atomic mass is 10.1. The minimum Gasteiger partial charge on any atom is -0.461 e. The predicted octanol–water partition coefficient (Wildman–Crippen LogP) is 3.68. The molecule has 0 atom stereocenters. The van der Waals surface area contributed by atoms with Crippen LogP contribution in [0.25, 0.3) is 11.3 Å². The van der Waals surface area contributed by atoms with Gasteiger partial charge in [-0.05, 0) is 6.92 Å². The number of nitrogens with one attached hydrogen (secondary N) is 1. The van der Waals surface area contributed by atoms with Gasteiger partial charge in [0, 0.05) is 11.1 Å². The molecule has 0 radical (unpaired) electrons. The highest BCUT2D eigenvalue weighted by Crippen LogP contribution is 2.23. The Morgan fingerprint density at radius 1 is 1.00 bits per heavy atom. The van der Waals surface area contributed by atoms with Gasteiger partial charge < -0.3 is 9.72 Å². The van der Waals surface area contributed by atoms with Crippen molar-refractivity contribution in [1.82, 2.24) is 9.97 Å². The van der Waals surface area contributed by atoms with Gasteiger partial charge in [-0.3, -0.25) is 4.79 Å². The standard InChI is InChI=1S/C20H18N2O3/c1-2-25-20(24)19-18(15-11-7-4-8-12-15)21-17(22-19)13-16(23)14-9-5-3-6-10-14/h3-12H,2,13H2,1H3,(H,21,22). The molecule has 1 aromatic heterocycles. The molecule has 0 aliphatic rings. The first-order chi connectivity index (χ1) is 12.2. The predicted molar refractivity (Wildman–Crippen MR) is 94.5 cm³/mol. The summed E-state index contributed by atoms with van der Waals surface area (Å²) in [5, 5.41) is 0. The van der Waals surface area contributed by atoms with E-state index in [4.69, 9.17) is 4.74 Å². The van der Waals surface area contributed by atoms with Crippen molar-refractivity contribution in [2.45, 2.75) is 13.3 Å². The molecule has 0 aliphatic heterocycles. The molecule has 0 fully saturated rings. The summed E-state index contributed by atoms with van der Waals surface area (Å²) in [5.74, 6) is -0.104. The number of aromatic nitrogens is 2. The smallest absolute Gasteiger partial charge is 0.357 e. The number of rotatable bonds is 6. The highest BCUT2D eigenvalue weighted by atomic mass is 16.5. The van der Waals surface area contributed by atoms with Gasteiger partial charge >= 0.3 is 5.97 Å². The maximum atomic E-state index is 12.4. The van der Waals surface area contributed by atoms with E-state index >= 15 is 0 Å². The number of hydrogen-bond acceptors (Lipinski definition) is 4. The number of Topliss-reactive ketones (excluding diaryl/α,β-unsaturated/α-hetero) is 1. The van der Waals surface area contributed by atoms with Crippen molar-refractivity contribution >= 4 is 11.8 Å². The molecule has 0 aliphatic carbocycles. The number of benzene rings is 2. The van der Waals surface area contributed by atoms with Crippen LogP contribution in [-0.2, 0) is 11.2 Å². The van der Waals surface area contributed by atoms with Gasteiger partial charge in [0.25, 0.3) is 0 Å². The molecule has 0 saturated heterocycles. The SMILES string of the molecule is CCOC(=O)c1[nH]c(CC(=O)c2ccccc2)nc1-c1ccccc1. The lowest BCUT2D eigenvalue weighted by molar-refractivity contribution is 0.0520. The second-order valence-corrected chi connectivity index (χ2v) is 5.46. The van der Waals surface area contributed by atoms with Crippen LogP contribution in [0.15, 0.2) is 60.7 Å². The van der Waals surface area contributed by atoms with Gasteiger partial charge in [0.05, 0.1) is 13.0 Å². The summed E-state index contributed by atoms with van der Waals surface area (Å²) < 4.78 is 5.10. The normalized spacial score (nSPS) is 10.4. The van der Waals surface area contributed by atoms with E-state index in [2.05, 4.69) is 9.97 Å². The number of nitrogens with zero attached hydrogens (tertiary/aromatic N) is 1. The first-order valence-corrected chi connectivity index (χ1v) is 8.08. The van der Waals surface area contributed by atoms with Crippen molar-refractivity contribution in [2.24, 2.45) is 0 Å². The molecule has 5 nitrogen and oxygen atoms in total. The van der Waals surface area contributed by atoms with Crippen LogP contribution in [0.1, 0.15) is 33.6 Å². The lowest BCUT2D eigenvalue weighted by Gasteiger charge is -2.02. The number of hydrogen-bond donors (Lipinski definition) is 1. The Hall–Kier alpha value is -3.21. The number of ketones is 1. The highest BCUT2D eigenvalue weighted by molar-refractivity contribution is 5.98. The Bertz CT molecular complexity index is 870. The molecule has 2 aromatic carbocycles. The van der Waals surface area contributed by atoms with Crippen LogP contribution < -0.4 is 0 Å². The number of esters is 1. The number of aromatic amines is 1. The first kappa shape index (κ1) is 16.6. The van der Waals surface area contributed by atoms with E-state index in [1.807, 2.05) is 48.5 Å². The summed E-state index contributed by atoms with van der Waals surface area (Å²) in [6.07, 6.45) is 0.0866. The third-order valence-electron chi connectivity index (χ3n) is 3.70. The van der Waals surface area contributed by atoms with Crippen LogP contribution in [0, 0.1) is 0 Å². The number of H-pyrrole nitrogens is 1. The van der Waals surface area contributed by atoms with E-state index in [0.29, 0.717) is 17.1 Å². The van der Waals surface area contributed by atoms with Gasteiger partial charge in [0.1, 0.15) is 11.5 Å². The van der Waals surface area contributed by atoms with Crippen LogP contribution in [0.5, 0.6) is 0 Å². The fourth-order valence-electron chi connectivity index (χ4n) is 2.54. The zero-order valence-corrected chi connectivity index (χ0v) is 13.9. The molecule has 25 heavy (non-hydrogen) atoms. The van der Waals surface area contributed by atoms with Crippen LogP contribution >= 0.6 is 0 Å². The summed E-state index contributed by atoms with van der Waals surface area (Å²) in [6.45, 7) is 2.01. The van der Waals surface area contributed by atoms with Gasteiger partial charge in [0.15, 0.2) is 11.5 Å². The Morgan fingerprint density at radius 3 is 2.28 bits per heavy atom. The quantitative estimate of drug-likeness (QED) is 0.551. The summed E-state index contributed by atoms with van der Waals surface area (Å²) in [6, 6.07) is 18.4. The Morgan fingerprint density at radius 2 is 1.64 bits per heavy atom. The van der Waals surface area contributed by atoms with Gasteiger partial charge in [-0.1, -0.05) is 60.7 Å². The van der Waals surface area contributed by atoms with Crippen LogP contribution in [-0.4, -0.2) is 28.3 Å². The highest BCUT2D eigenvalue weighted by Gasteiger charge is 2.21. The third-order valence-corrected chi connectivity index (χ3v) is 3.70. The fraction of sp³-hybridized carbons (Fsp3) is 0.150. The van der Waals surface area contributed by atoms with Crippen molar-refractivity contribution in [3.63, 3.8) is 0 Å². The van der Waals surface area contributed by atoms with E-state index in [1.165, 1.54) is 0 Å². The average Bonchev–Trinajstić information content (AvgIpc) is 3.07. The Balaban J connectivity index is 1.93. The second-order valence-electron chi connectivity index (χ2n) is 5.46. The largest absolute Gasteiger partial charge is 0.461 e. The molecule has 0 bridgehead atoms. The molecule has 0 spiro atoms. The van der Waals surface area contributed by atoms with Crippen LogP contribution in [0.3, 0.4) is 0 Å². The fourth-order valence-corrected chi connectivity index (χ4v) is 2.54. The van der Waals surface area contributed by atoms with E-state index in [1.54, 1.807) is 19.1 Å². The molecular weight excluding hydrogens is 316 g/mol. The van der Waals surface area contributed by atoms with E-state index in [-0.39, 0.29) is 24.5 Å². The molecule has 3 aromatic rings. The van der Waals surface area contributed by atoms with Crippen molar-refractivity contribution in [3.05, 3.63) is 77.7 Å². The zero-order chi connectivity index (χ0) is 17.6. The zero-order valence-electron chi connectivity index (χ0n) is 13.9. The Labute approximate surface area is 145 Å². The van der Waals surface area contributed by atoms with Crippen LogP contribution in [0.4, 0.5) is 0 Å². The summed E-state index contributed by atoms with van der Waals surface area (Å²) in [5.41, 5.74) is 2.16. The summed E-state index contributed by atoms with van der Waals surface area (Å²) in [4.78, 5) is 32.1. The maximum absolute atomic E-state index is 12.4. The molecule has 3 rings (SSSR count). The average molecular weight is 334 g/mol. The maximum Gasteiger partial charge on any atom is 0.357 e. The summed E-state index contributed by atoms with van der Waals surface area (Å²) >= 11 is 0. The van der Waals surface area contributed by atoms with Crippen molar-refractivity contribution < 1.29 is 14.3 Å². The minimum absolute atomic E-state index is 0.0654. The molecule has 5 heteroatoms. The molecule has 0 amide bonds. The Kier molecular flexibility index (Phi) is 5.04. The van der Waals surface area contributed by atoms with E-state index < -0.39 is 5.97 Å². The van der Waals surface area contributed by atoms with Gasteiger partial charge in [-0.2, -0.15) is 0 Å². The third kappa shape index (κ3) is 3.83. The number of imidazole rings is 1. The van der Waals surface area contributed by atoms with Gasteiger partial charge in [0.2, 0.25) is 0 Å². The molecule has 1 N–H and O–H groups in total. The van der Waals surface area contributed by atoms with Crippen molar-refractivity contribution in [1.29, 1.82) is 0 Å². The van der Waals surface area contributed by atoms with Gasteiger partial charge in [-0.25, -0.2) is 9.78 Å². The number of ether oxygens (including phenoxy) is 1. The number of carbonyl (C=O) groups excluding carboxylic acids is 2. The summed E-state index contributed by atoms with van der Waals surface area (Å²) in [7, 11) is 0. The van der Waals surface area contributed by atoms with Crippen molar-refractivity contribution in [2.75, 3.05) is 6.61 Å². The first-order valence-electron chi connectivity index (χ1n) is 8.08. The monoisotopic (exact) mass is 334 g/mol. The van der Waals surface area contributed by atoms with Crippen molar-refractivity contribution in [3.8, 4) is 11.3 Å². The molecule has 0 saturated carbocycles.